The Morgan fingerprint density at radius 3 is 2.30 bits per heavy atom. The smallest absolute Gasteiger partial charge is 0.323 e. The minimum absolute atomic E-state index is 0.00549. The van der Waals surface area contributed by atoms with Crippen molar-refractivity contribution < 1.29 is 27.9 Å². The number of ketones is 1. The topological polar surface area (TPSA) is 119 Å². The van der Waals surface area contributed by atoms with Gasteiger partial charge in [-0.2, -0.15) is 4.31 Å². The lowest BCUT2D eigenvalue weighted by Crippen LogP contribution is -2.37. The molecule has 208 valence electrons. The third kappa shape index (κ3) is 5.64. The summed E-state index contributed by atoms with van der Waals surface area (Å²) in [7, 11) is -3.66. The van der Waals surface area contributed by atoms with Crippen LogP contribution in [-0.4, -0.2) is 58.3 Å². The molecule has 1 saturated heterocycles. The Labute approximate surface area is 233 Å². The summed E-state index contributed by atoms with van der Waals surface area (Å²) < 4.78 is 35.3. The number of piperidine rings is 1. The van der Waals surface area contributed by atoms with Gasteiger partial charge in [-0.15, -0.1) is 0 Å². The van der Waals surface area contributed by atoms with Gasteiger partial charge >= 0.3 is 5.97 Å². The second-order valence-corrected chi connectivity index (χ2v) is 12.1. The van der Waals surface area contributed by atoms with Crippen molar-refractivity contribution in [3.8, 4) is 5.75 Å². The summed E-state index contributed by atoms with van der Waals surface area (Å²) in [4.78, 5) is 29.4. The molecule has 0 aliphatic carbocycles. The molecule has 9 nitrogen and oxygen atoms in total. The average Bonchev–Trinajstić information content (AvgIpc) is 3.30. The number of carbonyl (C=O) groups is 2. The zero-order valence-corrected chi connectivity index (χ0v) is 23.2. The van der Waals surface area contributed by atoms with E-state index in [0.717, 1.165) is 10.9 Å². The van der Waals surface area contributed by atoms with E-state index in [9.17, 15) is 23.1 Å². The van der Waals surface area contributed by atoms with Crippen LogP contribution in [0.15, 0.2) is 77.8 Å². The average molecular weight is 562 g/mol. The molecule has 1 aliphatic rings. The summed E-state index contributed by atoms with van der Waals surface area (Å²) in [6, 6.07) is 18.8. The second-order valence-electron chi connectivity index (χ2n) is 10.2. The number of sulfonamides is 1. The summed E-state index contributed by atoms with van der Waals surface area (Å²) in [6.07, 6.45) is 2.93. The number of fused-ring (bicyclic) bond motifs is 1. The molecule has 0 radical (unpaired) electrons. The number of rotatable bonds is 9. The first-order chi connectivity index (χ1) is 19.1. The fourth-order valence-corrected chi connectivity index (χ4v) is 6.63. The van der Waals surface area contributed by atoms with E-state index >= 15 is 0 Å². The molecular weight excluding hydrogens is 530 g/mol. The molecule has 0 spiro atoms. The predicted molar refractivity (Wildman–Crippen MR) is 150 cm³/mol. The molecule has 1 fully saturated rings. The van der Waals surface area contributed by atoms with Gasteiger partial charge < -0.3 is 14.4 Å². The van der Waals surface area contributed by atoms with E-state index in [1.807, 2.05) is 26.0 Å². The largest absolute Gasteiger partial charge is 0.491 e. The summed E-state index contributed by atoms with van der Waals surface area (Å²) in [5, 5.41) is 10.3. The summed E-state index contributed by atoms with van der Waals surface area (Å²) in [5.41, 5.74) is 2.08. The van der Waals surface area contributed by atoms with Crippen molar-refractivity contribution in [1.29, 1.82) is 0 Å². The van der Waals surface area contributed by atoms with Crippen molar-refractivity contribution in [2.45, 2.75) is 50.2 Å². The first kappa shape index (κ1) is 27.5. The molecule has 0 bridgehead atoms. The van der Waals surface area contributed by atoms with E-state index in [1.165, 1.54) is 4.31 Å². The number of ether oxygens (including phenoxy) is 1. The number of carboxylic acids is 1. The summed E-state index contributed by atoms with van der Waals surface area (Å²) in [6.45, 7) is 4.19. The van der Waals surface area contributed by atoms with Crippen molar-refractivity contribution in [3.05, 3.63) is 89.7 Å². The predicted octanol–water partition coefficient (Wildman–Crippen LogP) is 4.71. The minimum atomic E-state index is -3.66. The zero-order chi connectivity index (χ0) is 28.4. The Kier molecular flexibility index (Phi) is 7.73. The van der Waals surface area contributed by atoms with Gasteiger partial charge in [-0.3, -0.25) is 9.59 Å². The normalized spacial score (nSPS) is 15.0. The quantitative estimate of drug-likeness (QED) is 0.294. The number of aromatic nitrogens is 2. The second kappa shape index (κ2) is 11.2. The van der Waals surface area contributed by atoms with Gasteiger partial charge in [0.1, 0.15) is 23.6 Å². The highest BCUT2D eigenvalue weighted by Gasteiger charge is 2.31. The molecule has 2 aromatic carbocycles. The zero-order valence-electron chi connectivity index (χ0n) is 22.4. The number of benzene rings is 2. The molecule has 0 unspecified atom stereocenters. The maximum atomic E-state index is 13.3. The van der Waals surface area contributed by atoms with Gasteiger partial charge in [-0.25, -0.2) is 13.4 Å². The maximum absolute atomic E-state index is 13.3. The first-order valence-corrected chi connectivity index (χ1v) is 14.7. The van der Waals surface area contributed by atoms with Crippen LogP contribution in [0.2, 0.25) is 0 Å². The SMILES string of the molecule is CC(C)Oc1ccc(S(=O)(=O)N2CCC(c3cn(CC(=O)O)c4nc(C(=O)c5ccccc5)ccc34)CC2)cc1. The third-order valence-electron chi connectivity index (χ3n) is 7.05. The van der Waals surface area contributed by atoms with E-state index in [-0.39, 0.29) is 34.9 Å². The minimum Gasteiger partial charge on any atom is -0.491 e. The molecule has 10 heteroatoms. The van der Waals surface area contributed by atoms with Crippen LogP contribution in [0.3, 0.4) is 0 Å². The number of carboxylic acid groups (broad SMARTS) is 1. The summed E-state index contributed by atoms with van der Waals surface area (Å²) >= 11 is 0. The standard InChI is InChI=1S/C30H31N3O6S/c1-20(2)39-23-8-10-24(11-9-23)40(37,38)33-16-14-21(15-17-33)26-18-32(19-28(34)35)30-25(26)12-13-27(31-30)29(36)22-6-4-3-5-7-22/h3-13,18,20-21H,14-17,19H2,1-2H3,(H,34,35). The van der Waals surface area contributed by atoms with Gasteiger partial charge in [-0.05, 0) is 74.6 Å². The van der Waals surface area contributed by atoms with E-state index in [0.29, 0.717) is 42.9 Å². The maximum Gasteiger partial charge on any atom is 0.323 e. The van der Waals surface area contributed by atoms with E-state index in [1.54, 1.807) is 65.4 Å². The monoisotopic (exact) mass is 561 g/mol. The number of nitrogens with zero attached hydrogens (tertiary/aromatic N) is 3. The lowest BCUT2D eigenvalue weighted by atomic mass is 9.90. The van der Waals surface area contributed by atoms with Gasteiger partial charge in [0.05, 0.1) is 11.0 Å². The Bertz CT molecular complexity index is 1640. The van der Waals surface area contributed by atoms with Crippen LogP contribution in [0.25, 0.3) is 11.0 Å². The van der Waals surface area contributed by atoms with Crippen LogP contribution in [0.5, 0.6) is 5.75 Å². The van der Waals surface area contributed by atoms with Gasteiger partial charge in [0.15, 0.2) is 0 Å². The molecule has 0 atom stereocenters. The number of pyridine rings is 1. The fourth-order valence-electron chi connectivity index (χ4n) is 5.17. The number of carbonyl (C=O) groups excluding carboxylic acids is 1. The van der Waals surface area contributed by atoms with Crippen molar-refractivity contribution in [2.24, 2.45) is 0 Å². The molecular formula is C30H31N3O6S. The highest BCUT2D eigenvalue weighted by molar-refractivity contribution is 7.89. The van der Waals surface area contributed by atoms with Crippen molar-refractivity contribution in [1.82, 2.24) is 13.9 Å². The molecule has 2 aromatic heterocycles. The lowest BCUT2D eigenvalue weighted by molar-refractivity contribution is -0.137. The van der Waals surface area contributed by atoms with Crippen LogP contribution in [-0.2, 0) is 21.4 Å². The van der Waals surface area contributed by atoms with Crippen molar-refractivity contribution in [3.63, 3.8) is 0 Å². The van der Waals surface area contributed by atoms with Crippen LogP contribution < -0.4 is 4.74 Å². The molecule has 0 amide bonds. The van der Waals surface area contributed by atoms with E-state index in [2.05, 4.69) is 4.98 Å². The lowest BCUT2D eigenvalue weighted by Gasteiger charge is -2.31. The van der Waals surface area contributed by atoms with Gasteiger partial charge in [0, 0.05) is 30.2 Å². The van der Waals surface area contributed by atoms with Gasteiger partial charge in [-0.1, -0.05) is 30.3 Å². The van der Waals surface area contributed by atoms with Crippen LogP contribution >= 0.6 is 0 Å². The Morgan fingerprint density at radius 2 is 1.68 bits per heavy atom. The van der Waals surface area contributed by atoms with E-state index in [4.69, 9.17) is 4.74 Å². The molecule has 1 N–H and O–H groups in total. The van der Waals surface area contributed by atoms with E-state index < -0.39 is 16.0 Å². The van der Waals surface area contributed by atoms with Crippen LogP contribution in [0.4, 0.5) is 0 Å². The van der Waals surface area contributed by atoms with Crippen molar-refractivity contribution in [2.75, 3.05) is 13.1 Å². The Balaban J connectivity index is 1.37. The Hall–Kier alpha value is -4.02. The summed E-state index contributed by atoms with van der Waals surface area (Å²) in [5.74, 6) is -0.624. The number of hydrogen-bond acceptors (Lipinski definition) is 6. The molecule has 1 aliphatic heterocycles. The molecule has 0 saturated carbocycles. The first-order valence-electron chi connectivity index (χ1n) is 13.2. The van der Waals surface area contributed by atoms with Crippen LogP contribution in [0, 0.1) is 0 Å². The van der Waals surface area contributed by atoms with Crippen molar-refractivity contribution >= 4 is 32.8 Å². The Morgan fingerprint density at radius 1 is 1.00 bits per heavy atom. The van der Waals surface area contributed by atoms with Gasteiger partial charge in [0.25, 0.3) is 0 Å². The third-order valence-corrected chi connectivity index (χ3v) is 8.97. The number of aliphatic carboxylic acids is 1. The molecule has 40 heavy (non-hydrogen) atoms. The molecule has 5 rings (SSSR count). The highest BCUT2D eigenvalue weighted by Crippen LogP contribution is 2.36. The number of hydrogen-bond donors (Lipinski definition) is 1. The van der Waals surface area contributed by atoms with Crippen LogP contribution in [0.1, 0.15) is 54.2 Å². The van der Waals surface area contributed by atoms with Gasteiger partial charge in [0.2, 0.25) is 15.8 Å². The molecule has 4 aromatic rings. The highest BCUT2D eigenvalue weighted by atomic mass is 32.2. The fraction of sp³-hybridized carbons (Fsp3) is 0.300. The molecule has 3 heterocycles.